The van der Waals surface area contributed by atoms with Crippen LogP contribution < -0.4 is 10.2 Å². The molecule has 1 amide bonds. The number of nitrogens with zero attached hydrogens (tertiary/aromatic N) is 2. The fourth-order valence-corrected chi connectivity index (χ4v) is 4.27. The number of anilines is 1. The van der Waals surface area contributed by atoms with Crippen LogP contribution in [0.4, 0.5) is 5.69 Å². The molecule has 1 N–H and O–H groups in total. The normalized spacial score (nSPS) is 15.0. The van der Waals surface area contributed by atoms with E-state index in [0.29, 0.717) is 30.2 Å². The Morgan fingerprint density at radius 3 is 2.59 bits per heavy atom. The summed E-state index contributed by atoms with van der Waals surface area (Å²) in [6.07, 6.45) is 1.91. The Labute approximate surface area is 160 Å². The molecule has 0 aliphatic carbocycles. The van der Waals surface area contributed by atoms with Crippen LogP contribution in [0.3, 0.4) is 0 Å². The van der Waals surface area contributed by atoms with Crippen LogP contribution in [0.2, 0.25) is 0 Å². The Balaban J connectivity index is 1.86. The number of hydrogen-bond acceptors (Lipinski definition) is 4. The molecular weight excluding hydrogens is 362 g/mol. The summed E-state index contributed by atoms with van der Waals surface area (Å²) in [6, 6.07) is 14.3. The first-order chi connectivity index (χ1) is 12.9. The lowest BCUT2D eigenvalue weighted by Gasteiger charge is -2.29. The highest BCUT2D eigenvalue weighted by atomic mass is 32.2. The van der Waals surface area contributed by atoms with Crippen molar-refractivity contribution in [2.24, 2.45) is 4.40 Å². The summed E-state index contributed by atoms with van der Waals surface area (Å²) < 4.78 is 28.9. The number of sulfonamides is 1. The van der Waals surface area contributed by atoms with Crippen LogP contribution in [0.25, 0.3) is 0 Å². The highest BCUT2D eigenvalue weighted by Gasteiger charge is 2.29. The molecule has 0 saturated heterocycles. The van der Waals surface area contributed by atoms with E-state index in [2.05, 4.69) is 16.6 Å². The monoisotopic (exact) mass is 385 g/mol. The molecule has 1 aliphatic rings. The summed E-state index contributed by atoms with van der Waals surface area (Å²) in [4.78, 5) is 14.5. The average molecular weight is 385 g/mol. The zero-order valence-corrected chi connectivity index (χ0v) is 16.3. The number of rotatable bonds is 6. The largest absolute Gasteiger partial charge is 0.348 e. The SMILES string of the molecule is CCCCN1C(C)=NS(=O)(=O)c2cc(C(=O)NCc3ccccc3)ccc21. The first kappa shape index (κ1) is 19.1. The second-order valence-electron chi connectivity index (χ2n) is 6.47. The third kappa shape index (κ3) is 4.19. The molecule has 7 heteroatoms. The number of carbonyl (C=O) groups excluding carboxylic acids is 1. The maximum atomic E-state index is 12.5. The Morgan fingerprint density at radius 1 is 1.15 bits per heavy atom. The number of amides is 1. The summed E-state index contributed by atoms with van der Waals surface area (Å²) in [5.74, 6) is 0.139. The number of unbranched alkanes of at least 4 members (excludes halogenated alkanes) is 1. The zero-order chi connectivity index (χ0) is 19.4. The number of fused-ring (bicyclic) bond motifs is 1. The maximum Gasteiger partial charge on any atom is 0.286 e. The number of amidine groups is 1. The molecular formula is C20H23N3O3S. The van der Waals surface area contributed by atoms with Gasteiger partial charge < -0.3 is 10.2 Å². The zero-order valence-electron chi connectivity index (χ0n) is 15.5. The maximum absolute atomic E-state index is 12.5. The molecule has 1 aliphatic heterocycles. The van der Waals surface area contributed by atoms with Crippen molar-refractivity contribution in [2.45, 2.75) is 38.1 Å². The van der Waals surface area contributed by atoms with E-state index in [1.165, 1.54) is 6.07 Å². The van der Waals surface area contributed by atoms with Crippen molar-refractivity contribution in [1.82, 2.24) is 5.32 Å². The van der Waals surface area contributed by atoms with Gasteiger partial charge in [-0.1, -0.05) is 43.7 Å². The van der Waals surface area contributed by atoms with Gasteiger partial charge in [0.05, 0.1) is 5.69 Å². The Hall–Kier alpha value is -2.67. The molecule has 142 valence electrons. The van der Waals surface area contributed by atoms with Crippen molar-refractivity contribution < 1.29 is 13.2 Å². The third-order valence-corrected chi connectivity index (χ3v) is 5.85. The number of carbonyl (C=O) groups is 1. The van der Waals surface area contributed by atoms with Crippen LogP contribution in [0, 0.1) is 0 Å². The minimum absolute atomic E-state index is 0.0802. The van der Waals surface area contributed by atoms with E-state index in [0.717, 1.165) is 18.4 Å². The third-order valence-electron chi connectivity index (χ3n) is 4.46. The fourth-order valence-electron chi connectivity index (χ4n) is 3.01. The van der Waals surface area contributed by atoms with Gasteiger partial charge >= 0.3 is 0 Å². The molecule has 0 radical (unpaired) electrons. The highest BCUT2D eigenvalue weighted by molar-refractivity contribution is 7.90. The molecule has 0 spiro atoms. The van der Waals surface area contributed by atoms with E-state index >= 15 is 0 Å². The molecule has 0 saturated carbocycles. The van der Waals surface area contributed by atoms with E-state index < -0.39 is 10.0 Å². The topological polar surface area (TPSA) is 78.8 Å². The summed E-state index contributed by atoms with van der Waals surface area (Å²) in [6.45, 7) is 4.84. The van der Waals surface area contributed by atoms with E-state index in [1.54, 1.807) is 19.1 Å². The van der Waals surface area contributed by atoms with Crippen LogP contribution in [0.15, 0.2) is 57.8 Å². The predicted octanol–water partition coefficient (Wildman–Crippen LogP) is 3.34. The Morgan fingerprint density at radius 2 is 1.89 bits per heavy atom. The van der Waals surface area contributed by atoms with Gasteiger partial charge in [-0.25, -0.2) is 0 Å². The lowest BCUT2D eigenvalue weighted by Crippen LogP contribution is -2.35. The lowest BCUT2D eigenvalue weighted by molar-refractivity contribution is 0.0950. The standard InChI is InChI=1S/C20H23N3O3S/c1-3-4-12-23-15(2)22-27(25,26)19-13-17(10-11-18(19)23)20(24)21-14-16-8-6-5-7-9-16/h5-11,13H,3-4,12,14H2,1-2H3,(H,21,24). The van der Waals surface area contributed by atoms with Gasteiger partial charge in [-0.05, 0) is 37.1 Å². The van der Waals surface area contributed by atoms with Crippen LogP contribution in [0.1, 0.15) is 42.6 Å². The molecule has 1 heterocycles. The van der Waals surface area contributed by atoms with Gasteiger partial charge in [0.2, 0.25) is 0 Å². The number of hydrogen-bond donors (Lipinski definition) is 1. The van der Waals surface area contributed by atoms with Crippen molar-refractivity contribution in [3.05, 3.63) is 59.7 Å². The van der Waals surface area contributed by atoms with Crippen LogP contribution in [-0.2, 0) is 16.6 Å². The van der Waals surface area contributed by atoms with E-state index in [1.807, 2.05) is 35.2 Å². The molecule has 0 aromatic heterocycles. The molecule has 0 fully saturated rings. The minimum Gasteiger partial charge on any atom is -0.348 e. The smallest absolute Gasteiger partial charge is 0.286 e. The summed E-state index contributed by atoms with van der Waals surface area (Å²) in [7, 11) is -3.81. The second-order valence-corrected chi connectivity index (χ2v) is 8.04. The van der Waals surface area contributed by atoms with E-state index in [4.69, 9.17) is 0 Å². The summed E-state index contributed by atoms with van der Waals surface area (Å²) in [5, 5.41) is 2.82. The average Bonchev–Trinajstić information content (AvgIpc) is 2.66. The summed E-state index contributed by atoms with van der Waals surface area (Å²) in [5.41, 5.74) is 1.86. The Bertz CT molecular complexity index is 969. The number of nitrogens with one attached hydrogen (secondary N) is 1. The predicted molar refractivity (Wildman–Crippen MR) is 107 cm³/mol. The van der Waals surface area contributed by atoms with Crippen LogP contribution in [-0.4, -0.2) is 26.7 Å². The van der Waals surface area contributed by atoms with E-state index in [-0.39, 0.29) is 10.8 Å². The molecule has 0 atom stereocenters. The highest BCUT2D eigenvalue weighted by Crippen LogP contribution is 2.32. The van der Waals surface area contributed by atoms with Crippen LogP contribution >= 0.6 is 0 Å². The molecule has 0 bridgehead atoms. The fraction of sp³-hybridized carbons (Fsp3) is 0.300. The Kier molecular flexibility index (Phi) is 5.60. The molecule has 0 unspecified atom stereocenters. The number of benzene rings is 2. The van der Waals surface area contributed by atoms with Crippen molar-refractivity contribution in [3.63, 3.8) is 0 Å². The van der Waals surface area contributed by atoms with Gasteiger partial charge in [-0.2, -0.15) is 8.42 Å². The first-order valence-corrected chi connectivity index (χ1v) is 10.4. The van der Waals surface area contributed by atoms with Crippen LogP contribution in [0.5, 0.6) is 0 Å². The summed E-state index contributed by atoms with van der Waals surface area (Å²) >= 11 is 0. The van der Waals surface area contributed by atoms with E-state index in [9.17, 15) is 13.2 Å². The van der Waals surface area contributed by atoms with Crippen molar-refractivity contribution in [3.8, 4) is 0 Å². The van der Waals surface area contributed by atoms with Gasteiger partial charge in [0, 0.05) is 18.7 Å². The quantitative estimate of drug-likeness (QED) is 0.827. The second kappa shape index (κ2) is 7.92. The molecule has 2 aromatic carbocycles. The lowest BCUT2D eigenvalue weighted by atomic mass is 10.1. The molecule has 2 aromatic rings. The van der Waals surface area contributed by atoms with Gasteiger partial charge in [0.1, 0.15) is 10.7 Å². The van der Waals surface area contributed by atoms with Crippen molar-refractivity contribution in [2.75, 3.05) is 11.4 Å². The van der Waals surface area contributed by atoms with Crippen molar-refractivity contribution in [1.29, 1.82) is 0 Å². The van der Waals surface area contributed by atoms with Crippen molar-refractivity contribution >= 4 is 27.5 Å². The molecule has 6 nitrogen and oxygen atoms in total. The van der Waals surface area contributed by atoms with Gasteiger partial charge in [0.25, 0.3) is 15.9 Å². The van der Waals surface area contributed by atoms with Gasteiger partial charge in [-0.3, -0.25) is 4.79 Å². The van der Waals surface area contributed by atoms with Gasteiger partial charge in [0.15, 0.2) is 0 Å². The molecule has 27 heavy (non-hydrogen) atoms. The van der Waals surface area contributed by atoms with Gasteiger partial charge in [-0.15, -0.1) is 4.40 Å². The molecule has 3 rings (SSSR count). The first-order valence-electron chi connectivity index (χ1n) is 8.97. The minimum atomic E-state index is -3.81.